The standard InChI is InChI=1S/C18H16N2O4/c1-22-15-9-7-14(8-10-15)16-11-19-24-17(16)20-18(21)23-12-13-5-3-2-4-6-13/h2-11H,12H2,1H3,(H,20,21). The maximum Gasteiger partial charge on any atom is 0.414 e. The maximum absolute atomic E-state index is 11.9. The van der Waals surface area contributed by atoms with E-state index in [-0.39, 0.29) is 12.5 Å². The van der Waals surface area contributed by atoms with E-state index >= 15 is 0 Å². The SMILES string of the molecule is COc1ccc(-c2cnoc2NC(=O)OCc2ccccc2)cc1. The summed E-state index contributed by atoms with van der Waals surface area (Å²) < 4.78 is 15.4. The van der Waals surface area contributed by atoms with Crippen LogP contribution in [0.25, 0.3) is 11.1 Å². The average Bonchev–Trinajstić information content (AvgIpc) is 3.09. The predicted molar refractivity (Wildman–Crippen MR) is 88.7 cm³/mol. The minimum Gasteiger partial charge on any atom is -0.497 e. The zero-order valence-electron chi connectivity index (χ0n) is 13.1. The molecule has 1 amide bonds. The number of hydrogen-bond donors (Lipinski definition) is 1. The number of nitrogens with one attached hydrogen (secondary N) is 1. The van der Waals surface area contributed by atoms with Crippen molar-refractivity contribution in [1.29, 1.82) is 0 Å². The molecule has 0 spiro atoms. The zero-order chi connectivity index (χ0) is 16.8. The van der Waals surface area contributed by atoms with Crippen LogP contribution in [0, 0.1) is 0 Å². The number of methoxy groups -OCH3 is 1. The molecule has 6 nitrogen and oxygen atoms in total. The fourth-order valence-electron chi connectivity index (χ4n) is 2.16. The summed E-state index contributed by atoms with van der Waals surface area (Å²) in [7, 11) is 1.60. The van der Waals surface area contributed by atoms with Crippen LogP contribution in [-0.4, -0.2) is 18.4 Å². The van der Waals surface area contributed by atoms with Crippen LogP contribution in [0.5, 0.6) is 5.75 Å². The molecule has 3 rings (SSSR count). The molecule has 0 saturated heterocycles. The molecule has 0 aliphatic carbocycles. The molecule has 24 heavy (non-hydrogen) atoms. The van der Waals surface area contributed by atoms with Crippen molar-refractivity contribution in [2.45, 2.75) is 6.61 Å². The van der Waals surface area contributed by atoms with Crippen LogP contribution in [0.2, 0.25) is 0 Å². The molecule has 122 valence electrons. The number of nitrogens with zero attached hydrogens (tertiary/aromatic N) is 1. The Morgan fingerprint density at radius 2 is 1.88 bits per heavy atom. The van der Waals surface area contributed by atoms with Gasteiger partial charge in [-0.1, -0.05) is 47.6 Å². The number of hydrogen-bond acceptors (Lipinski definition) is 5. The van der Waals surface area contributed by atoms with Crippen LogP contribution in [0.4, 0.5) is 10.7 Å². The maximum atomic E-state index is 11.9. The summed E-state index contributed by atoms with van der Waals surface area (Å²) in [6, 6.07) is 16.8. The van der Waals surface area contributed by atoms with E-state index in [1.54, 1.807) is 7.11 Å². The lowest BCUT2D eigenvalue weighted by molar-refractivity contribution is 0.154. The van der Waals surface area contributed by atoms with Gasteiger partial charge in [0.15, 0.2) is 0 Å². The van der Waals surface area contributed by atoms with E-state index in [0.29, 0.717) is 5.56 Å². The van der Waals surface area contributed by atoms with Gasteiger partial charge in [0.2, 0.25) is 5.88 Å². The van der Waals surface area contributed by atoms with Gasteiger partial charge in [0.05, 0.1) is 18.9 Å². The van der Waals surface area contributed by atoms with Crippen molar-refractivity contribution in [2.24, 2.45) is 0 Å². The van der Waals surface area contributed by atoms with Crippen molar-refractivity contribution in [3.63, 3.8) is 0 Å². The first kappa shape index (κ1) is 15.6. The number of benzene rings is 2. The van der Waals surface area contributed by atoms with Gasteiger partial charge in [-0.2, -0.15) is 0 Å². The first-order valence-electron chi connectivity index (χ1n) is 7.33. The van der Waals surface area contributed by atoms with Gasteiger partial charge >= 0.3 is 6.09 Å². The minimum atomic E-state index is -0.606. The lowest BCUT2D eigenvalue weighted by atomic mass is 10.1. The number of amides is 1. The number of carbonyl (C=O) groups is 1. The van der Waals surface area contributed by atoms with Crippen LogP contribution in [-0.2, 0) is 11.3 Å². The molecule has 0 fully saturated rings. The van der Waals surface area contributed by atoms with E-state index in [0.717, 1.165) is 16.9 Å². The predicted octanol–water partition coefficient (Wildman–Crippen LogP) is 4.10. The lowest BCUT2D eigenvalue weighted by Crippen LogP contribution is -2.13. The summed E-state index contributed by atoms with van der Waals surface area (Å²) in [4.78, 5) is 11.9. The number of ether oxygens (including phenoxy) is 2. The Balaban J connectivity index is 1.65. The zero-order valence-corrected chi connectivity index (χ0v) is 13.1. The van der Waals surface area contributed by atoms with Gasteiger partial charge in [-0.15, -0.1) is 0 Å². The van der Waals surface area contributed by atoms with Gasteiger partial charge in [-0.25, -0.2) is 4.79 Å². The number of carbonyl (C=O) groups excluding carboxylic acids is 1. The molecule has 6 heteroatoms. The smallest absolute Gasteiger partial charge is 0.414 e. The van der Waals surface area contributed by atoms with E-state index < -0.39 is 6.09 Å². The summed E-state index contributed by atoms with van der Waals surface area (Å²) in [5.74, 6) is 0.977. The van der Waals surface area contributed by atoms with Crippen LogP contribution in [0.1, 0.15) is 5.56 Å². The van der Waals surface area contributed by atoms with E-state index in [4.69, 9.17) is 14.0 Å². The Morgan fingerprint density at radius 1 is 1.12 bits per heavy atom. The Morgan fingerprint density at radius 3 is 2.58 bits per heavy atom. The van der Waals surface area contributed by atoms with E-state index in [9.17, 15) is 4.79 Å². The summed E-state index contributed by atoms with van der Waals surface area (Å²) in [6.07, 6.45) is 0.930. The van der Waals surface area contributed by atoms with Crippen LogP contribution < -0.4 is 10.1 Å². The van der Waals surface area contributed by atoms with Gasteiger partial charge in [0.25, 0.3) is 0 Å². The summed E-state index contributed by atoms with van der Waals surface area (Å²) in [6.45, 7) is 0.179. The van der Waals surface area contributed by atoms with Gasteiger partial charge < -0.3 is 14.0 Å². The lowest BCUT2D eigenvalue weighted by Gasteiger charge is -2.06. The van der Waals surface area contributed by atoms with Crippen molar-refractivity contribution in [1.82, 2.24) is 5.16 Å². The summed E-state index contributed by atoms with van der Waals surface area (Å²) >= 11 is 0. The topological polar surface area (TPSA) is 73.6 Å². The van der Waals surface area contributed by atoms with Crippen molar-refractivity contribution in [3.05, 3.63) is 66.4 Å². The highest BCUT2D eigenvalue weighted by Gasteiger charge is 2.14. The second-order valence-electron chi connectivity index (χ2n) is 4.98. The molecule has 0 aliphatic heterocycles. The second kappa shape index (κ2) is 7.32. The first-order valence-corrected chi connectivity index (χ1v) is 7.33. The fourth-order valence-corrected chi connectivity index (χ4v) is 2.16. The molecule has 0 saturated carbocycles. The largest absolute Gasteiger partial charge is 0.497 e. The van der Waals surface area contributed by atoms with E-state index in [2.05, 4.69) is 10.5 Å². The van der Waals surface area contributed by atoms with Gasteiger partial charge in [-0.3, -0.25) is 5.32 Å². The highest BCUT2D eigenvalue weighted by Crippen LogP contribution is 2.29. The highest BCUT2D eigenvalue weighted by atomic mass is 16.6. The second-order valence-corrected chi connectivity index (χ2v) is 4.98. The molecule has 1 aromatic heterocycles. The van der Waals surface area contributed by atoms with Crippen LogP contribution in [0.3, 0.4) is 0 Å². The molecule has 1 N–H and O–H groups in total. The quantitative estimate of drug-likeness (QED) is 0.765. The Labute approximate surface area is 139 Å². The van der Waals surface area contributed by atoms with Crippen LogP contribution >= 0.6 is 0 Å². The van der Waals surface area contributed by atoms with E-state index in [1.807, 2.05) is 54.6 Å². The molecule has 0 radical (unpaired) electrons. The molecule has 0 unspecified atom stereocenters. The molecule has 1 heterocycles. The molecule has 3 aromatic rings. The van der Waals surface area contributed by atoms with Crippen molar-refractivity contribution < 1.29 is 18.8 Å². The van der Waals surface area contributed by atoms with Crippen molar-refractivity contribution in [3.8, 4) is 16.9 Å². The van der Waals surface area contributed by atoms with Crippen molar-refractivity contribution >= 4 is 12.0 Å². The molecule has 0 bridgehead atoms. The Hall–Kier alpha value is -3.28. The third-order valence-corrected chi connectivity index (χ3v) is 3.40. The van der Waals surface area contributed by atoms with Gasteiger partial charge in [0.1, 0.15) is 12.4 Å². The molecule has 2 aromatic carbocycles. The number of aromatic nitrogens is 1. The normalized spacial score (nSPS) is 10.2. The third-order valence-electron chi connectivity index (χ3n) is 3.40. The van der Waals surface area contributed by atoms with Gasteiger partial charge in [-0.05, 0) is 23.3 Å². The minimum absolute atomic E-state index is 0.179. The Bertz CT molecular complexity index is 797. The Kier molecular flexibility index (Phi) is 4.76. The number of rotatable bonds is 5. The summed E-state index contributed by atoms with van der Waals surface area (Å²) in [5, 5.41) is 6.30. The highest BCUT2D eigenvalue weighted by molar-refractivity contribution is 5.88. The molecular formula is C18H16N2O4. The third kappa shape index (κ3) is 3.73. The fraction of sp³-hybridized carbons (Fsp3) is 0.111. The average molecular weight is 324 g/mol. The number of anilines is 1. The molecule has 0 aliphatic rings. The monoisotopic (exact) mass is 324 g/mol. The van der Waals surface area contributed by atoms with Gasteiger partial charge in [0, 0.05) is 0 Å². The molecular weight excluding hydrogens is 308 g/mol. The summed E-state index contributed by atoms with van der Waals surface area (Å²) in [5.41, 5.74) is 2.41. The van der Waals surface area contributed by atoms with E-state index in [1.165, 1.54) is 6.20 Å². The first-order chi connectivity index (χ1) is 11.8. The van der Waals surface area contributed by atoms with Crippen LogP contribution in [0.15, 0.2) is 65.3 Å². The van der Waals surface area contributed by atoms with Crippen molar-refractivity contribution in [2.75, 3.05) is 12.4 Å². The molecule has 0 atom stereocenters.